The van der Waals surface area contributed by atoms with E-state index in [9.17, 15) is 4.79 Å². The Morgan fingerprint density at radius 3 is 2.75 bits per heavy atom. The smallest absolute Gasteiger partial charge is 0.226 e. The Morgan fingerprint density at radius 2 is 2.05 bits per heavy atom. The Bertz CT molecular complexity index is 549. The zero-order chi connectivity index (χ0) is 14.4. The van der Waals surface area contributed by atoms with Crippen LogP contribution in [0.4, 0.5) is 0 Å². The minimum Gasteiger partial charge on any atom is -0.356 e. The van der Waals surface area contributed by atoms with Gasteiger partial charge in [0.15, 0.2) is 5.76 Å². The largest absolute Gasteiger partial charge is 0.356 e. The highest BCUT2D eigenvalue weighted by Crippen LogP contribution is 2.19. The fourth-order valence-corrected chi connectivity index (χ4v) is 1.78. The van der Waals surface area contributed by atoms with Crippen LogP contribution in [0.15, 0.2) is 40.9 Å². The second-order valence-electron chi connectivity index (χ2n) is 4.88. The van der Waals surface area contributed by atoms with Gasteiger partial charge in [0.1, 0.15) is 0 Å². The normalized spacial score (nSPS) is 10.8. The van der Waals surface area contributed by atoms with Gasteiger partial charge in [-0.15, -0.1) is 0 Å². The van der Waals surface area contributed by atoms with Gasteiger partial charge in [0.25, 0.3) is 0 Å². The number of amides is 1. The van der Waals surface area contributed by atoms with Gasteiger partial charge >= 0.3 is 0 Å². The Balaban J connectivity index is 1.88. The van der Waals surface area contributed by atoms with Crippen LogP contribution in [0.2, 0.25) is 0 Å². The van der Waals surface area contributed by atoms with Crippen LogP contribution in [-0.4, -0.2) is 43.1 Å². The maximum atomic E-state index is 11.7. The van der Waals surface area contributed by atoms with Crippen LogP contribution < -0.4 is 5.32 Å². The molecule has 1 heterocycles. The Hall–Kier alpha value is -2.14. The summed E-state index contributed by atoms with van der Waals surface area (Å²) < 4.78 is 5.26. The zero-order valence-corrected chi connectivity index (χ0v) is 11.8. The lowest BCUT2D eigenvalue weighted by Gasteiger charge is -2.09. The molecule has 2 rings (SSSR count). The van der Waals surface area contributed by atoms with E-state index in [2.05, 4.69) is 10.5 Å². The third-order valence-corrected chi connectivity index (χ3v) is 2.84. The maximum absolute atomic E-state index is 11.7. The number of benzene rings is 1. The van der Waals surface area contributed by atoms with Crippen LogP contribution in [0.25, 0.3) is 11.3 Å². The van der Waals surface area contributed by atoms with E-state index in [1.54, 1.807) is 6.07 Å². The lowest BCUT2D eigenvalue weighted by Crippen LogP contribution is -2.32. The van der Waals surface area contributed by atoms with Crippen molar-refractivity contribution in [3.8, 4) is 11.3 Å². The third-order valence-electron chi connectivity index (χ3n) is 2.84. The van der Waals surface area contributed by atoms with Crippen LogP contribution in [0.5, 0.6) is 0 Å². The first kappa shape index (κ1) is 14.3. The highest BCUT2D eigenvalue weighted by molar-refractivity contribution is 5.78. The van der Waals surface area contributed by atoms with E-state index < -0.39 is 0 Å². The molecule has 0 aliphatic rings. The number of likely N-dealkylation sites (N-methyl/N-ethyl adjacent to an activating group) is 1. The monoisotopic (exact) mass is 273 g/mol. The van der Waals surface area contributed by atoms with Crippen molar-refractivity contribution >= 4 is 5.91 Å². The molecule has 0 atom stereocenters. The van der Waals surface area contributed by atoms with E-state index >= 15 is 0 Å². The van der Waals surface area contributed by atoms with Crippen molar-refractivity contribution in [2.24, 2.45) is 0 Å². The zero-order valence-electron chi connectivity index (χ0n) is 11.8. The molecule has 0 aliphatic carbocycles. The van der Waals surface area contributed by atoms with Crippen molar-refractivity contribution < 1.29 is 9.32 Å². The molecule has 0 aliphatic heterocycles. The summed E-state index contributed by atoms with van der Waals surface area (Å²) in [5.74, 6) is 0.640. The Kier molecular flexibility index (Phi) is 4.90. The topological polar surface area (TPSA) is 58.4 Å². The fraction of sp³-hybridized carbons (Fsp3) is 0.333. The van der Waals surface area contributed by atoms with Gasteiger partial charge < -0.3 is 14.7 Å². The molecule has 2 aromatic rings. The van der Waals surface area contributed by atoms with Crippen LogP contribution in [-0.2, 0) is 11.2 Å². The fourth-order valence-electron chi connectivity index (χ4n) is 1.78. The van der Waals surface area contributed by atoms with Crippen molar-refractivity contribution in [3.05, 3.63) is 42.1 Å². The van der Waals surface area contributed by atoms with Crippen molar-refractivity contribution in [1.29, 1.82) is 0 Å². The lowest BCUT2D eigenvalue weighted by atomic mass is 10.1. The summed E-state index contributed by atoms with van der Waals surface area (Å²) in [6, 6.07) is 11.5. The van der Waals surface area contributed by atoms with Crippen LogP contribution >= 0.6 is 0 Å². The van der Waals surface area contributed by atoms with Gasteiger partial charge in [0, 0.05) is 24.7 Å². The molecule has 1 aromatic heterocycles. The molecule has 1 aromatic carbocycles. The number of nitrogens with one attached hydrogen (secondary N) is 1. The summed E-state index contributed by atoms with van der Waals surface area (Å²) in [5.41, 5.74) is 1.60. The molecular formula is C15H19N3O2. The summed E-state index contributed by atoms with van der Waals surface area (Å²) in [7, 11) is 3.94. The van der Waals surface area contributed by atoms with E-state index in [4.69, 9.17) is 4.52 Å². The van der Waals surface area contributed by atoms with Crippen LogP contribution in [0.3, 0.4) is 0 Å². The van der Waals surface area contributed by atoms with E-state index in [0.717, 1.165) is 12.1 Å². The van der Waals surface area contributed by atoms with Crippen molar-refractivity contribution in [2.75, 3.05) is 27.2 Å². The number of carbonyl (C=O) groups is 1. The van der Waals surface area contributed by atoms with Gasteiger partial charge in [-0.2, -0.15) is 0 Å². The van der Waals surface area contributed by atoms with E-state index in [0.29, 0.717) is 18.0 Å². The second kappa shape index (κ2) is 6.86. The average Bonchev–Trinajstić information content (AvgIpc) is 2.88. The van der Waals surface area contributed by atoms with Crippen molar-refractivity contribution in [2.45, 2.75) is 6.42 Å². The molecule has 106 valence electrons. The van der Waals surface area contributed by atoms with Gasteiger partial charge in [-0.1, -0.05) is 35.5 Å². The van der Waals surface area contributed by atoms with Gasteiger partial charge in [-0.05, 0) is 14.1 Å². The summed E-state index contributed by atoms with van der Waals surface area (Å²) in [5, 5.41) is 6.78. The number of aromatic nitrogens is 1. The number of nitrogens with zero attached hydrogens (tertiary/aromatic N) is 2. The quantitative estimate of drug-likeness (QED) is 0.868. The van der Waals surface area contributed by atoms with Gasteiger partial charge in [-0.25, -0.2) is 0 Å². The van der Waals surface area contributed by atoms with Crippen LogP contribution in [0.1, 0.15) is 5.69 Å². The van der Waals surface area contributed by atoms with Crippen LogP contribution in [0, 0.1) is 0 Å². The molecule has 0 radical (unpaired) electrons. The summed E-state index contributed by atoms with van der Waals surface area (Å²) in [6.07, 6.45) is 0.240. The standard InChI is InChI=1S/C15H19N3O2/c1-18(2)9-8-16-15(19)11-13-10-14(20-17-13)12-6-4-3-5-7-12/h3-7,10H,8-9,11H2,1-2H3,(H,16,19). The molecule has 20 heavy (non-hydrogen) atoms. The van der Waals surface area contributed by atoms with Gasteiger partial charge in [-0.3, -0.25) is 4.79 Å². The maximum Gasteiger partial charge on any atom is 0.226 e. The first-order chi connectivity index (χ1) is 9.65. The second-order valence-corrected chi connectivity index (χ2v) is 4.88. The summed E-state index contributed by atoms with van der Waals surface area (Å²) in [6.45, 7) is 1.45. The minimum atomic E-state index is -0.0419. The predicted octanol–water partition coefficient (Wildman–Crippen LogP) is 1.56. The number of carbonyl (C=O) groups excluding carboxylic acids is 1. The molecule has 0 saturated heterocycles. The molecule has 0 bridgehead atoms. The molecule has 5 nitrogen and oxygen atoms in total. The highest BCUT2D eigenvalue weighted by atomic mass is 16.5. The molecule has 5 heteroatoms. The molecular weight excluding hydrogens is 254 g/mol. The van der Waals surface area contributed by atoms with Gasteiger partial charge in [0.2, 0.25) is 5.91 Å². The van der Waals surface area contributed by atoms with Crippen molar-refractivity contribution in [3.63, 3.8) is 0 Å². The van der Waals surface area contributed by atoms with E-state index in [1.165, 1.54) is 0 Å². The average molecular weight is 273 g/mol. The summed E-state index contributed by atoms with van der Waals surface area (Å²) in [4.78, 5) is 13.7. The lowest BCUT2D eigenvalue weighted by molar-refractivity contribution is -0.120. The molecule has 0 unspecified atom stereocenters. The van der Waals surface area contributed by atoms with Crippen molar-refractivity contribution in [1.82, 2.24) is 15.4 Å². The van der Waals surface area contributed by atoms with Gasteiger partial charge in [0.05, 0.1) is 12.1 Å². The number of hydrogen-bond acceptors (Lipinski definition) is 4. The molecule has 0 saturated carbocycles. The summed E-state index contributed by atoms with van der Waals surface area (Å²) >= 11 is 0. The third kappa shape index (κ3) is 4.20. The van der Waals surface area contributed by atoms with E-state index in [1.807, 2.05) is 49.3 Å². The molecule has 1 N–H and O–H groups in total. The minimum absolute atomic E-state index is 0.0419. The number of rotatable bonds is 6. The SMILES string of the molecule is CN(C)CCNC(=O)Cc1cc(-c2ccccc2)on1. The molecule has 0 fully saturated rings. The Morgan fingerprint density at radius 1 is 1.30 bits per heavy atom. The first-order valence-corrected chi connectivity index (χ1v) is 6.57. The Labute approximate surface area is 118 Å². The first-order valence-electron chi connectivity index (χ1n) is 6.57. The molecule has 0 spiro atoms. The number of hydrogen-bond donors (Lipinski definition) is 1. The molecule has 1 amide bonds. The van der Waals surface area contributed by atoms with E-state index in [-0.39, 0.29) is 12.3 Å². The highest BCUT2D eigenvalue weighted by Gasteiger charge is 2.10. The predicted molar refractivity (Wildman–Crippen MR) is 77.2 cm³/mol.